The van der Waals surface area contributed by atoms with E-state index >= 15 is 0 Å². The van der Waals surface area contributed by atoms with Crippen molar-refractivity contribution >= 4 is 0 Å². The highest BCUT2D eigenvalue weighted by atomic mass is 14.3. The monoisotopic (exact) mass is 202 g/mol. The Kier molecular flexibility index (Phi) is 3.14. The molecule has 1 aromatic rings. The summed E-state index contributed by atoms with van der Waals surface area (Å²) in [6, 6.07) is 4.60. The van der Waals surface area contributed by atoms with Gasteiger partial charge in [0.2, 0.25) is 0 Å². The van der Waals surface area contributed by atoms with Crippen LogP contribution in [0.3, 0.4) is 0 Å². The van der Waals surface area contributed by atoms with Gasteiger partial charge in [-0.2, -0.15) is 0 Å². The maximum Gasteiger partial charge on any atom is -0.0157 e. The van der Waals surface area contributed by atoms with Gasteiger partial charge in [0.25, 0.3) is 0 Å². The molecule has 0 heteroatoms. The Hall–Kier alpha value is -0.780. The van der Waals surface area contributed by atoms with Crippen LogP contribution >= 0.6 is 0 Å². The fraction of sp³-hybridized carbons (Fsp3) is 0.600. The van der Waals surface area contributed by atoms with Crippen molar-refractivity contribution in [3.05, 3.63) is 34.4 Å². The second-order valence-electron chi connectivity index (χ2n) is 4.97. The summed E-state index contributed by atoms with van der Waals surface area (Å²) in [6.45, 7) is 6.84. The van der Waals surface area contributed by atoms with Crippen LogP contribution in [0.25, 0.3) is 0 Å². The first-order valence-corrected chi connectivity index (χ1v) is 6.33. The molecule has 0 spiro atoms. The summed E-state index contributed by atoms with van der Waals surface area (Å²) < 4.78 is 0. The van der Waals surface area contributed by atoms with E-state index in [9.17, 15) is 0 Å². The molecule has 0 aromatic heterocycles. The van der Waals surface area contributed by atoms with Gasteiger partial charge in [-0.15, -0.1) is 0 Å². The zero-order valence-electron chi connectivity index (χ0n) is 10.3. The van der Waals surface area contributed by atoms with Gasteiger partial charge in [-0.25, -0.2) is 0 Å². The second-order valence-corrected chi connectivity index (χ2v) is 4.97. The lowest BCUT2D eigenvalue weighted by molar-refractivity contribution is 0.415. The molecule has 1 saturated carbocycles. The number of hydrogen-bond acceptors (Lipinski definition) is 0. The van der Waals surface area contributed by atoms with Crippen LogP contribution in [0.2, 0.25) is 0 Å². The van der Waals surface area contributed by atoms with Gasteiger partial charge in [0, 0.05) is 0 Å². The van der Waals surface area contributed by atoms with E-state index in [1.54, 1.807) is 11.1 Å². The van der Waals surface area contributed by atoms with E-state index in [-0.39, 0.29) is 0 Å². The minimum Gasteiger partial charge on any atom is -0.0651 e. The quantitative estimate of drug-likeness (QED) is 0.676. The Balaban J connectivity index is 2.42. The van der Waals surface area contributed by atoms with Crippen LogP contribution in [0.5, 0.6) is 0 Å². The van der Waals surface area contributed by atoms with Crippen LogP contribution in [0.4, 0.5) is 0 Å². The van der Waals surface area contributed by atoms with Crippen molar-refractivity contribution in [2.75, 3.05) is 0 Å². The standard InChI is InChI=1S/C15H22/c1-4-6-14-11(2)9-10-12(3)15(14)13-7-5-8-13/h9-10,13H,4-8H2,1-3H3. The molecule has 15 heavy (non-hydrogen) atoms. The Morgan fingerprint density at radius 3 is 2.33 bits per heavy atom. The van der Waals surface area contributed by atoms with Crippen LogP contribution < -0.4 is 0 Å². The maximum atomic E-state index is 2.31. The zero-order valence-corrected chi connectivity index (χ0v) is 10.3. The van der Waals surface area contributed by atoms with Crippen molar-refractivity contribution in [3.63, 3.8) is 0 Å². The largest absolute Gasteiger partial charge is 0.0651 e. The topological polar surface area (TPSA) is 0 Å². The van der Waals surface area contributed by atoms with Gasteiger partial charge in [0.05, 0.1) is 0 Å². The molecule has 1 aliphatic rings. The molecule has 0 amide bonds. The van der Waals surface area contributed by atoms with E-state index < -0.39 is 0 Å². The lowest BCUT2D eigenvalue weighted by Gasteiger charge is -2.30. The van der Waals surface area contributed by atoms with Crippen LogP contribution in [-0.2, 0) is 6.42 Å². The van der Waals surface area contributed by atoms with E-state index in [0.29, 0.717) is 0 Å². The van der Waals surface area contributed by atoms with E-state index in [2.05, 4.69) is 32.9 Å². The maximum absolute atomic E-state index is 2.31. The summed E-state index contributed by atoms with van der Waals surface area (Å²) in [5.74, 6) is 0.881. The number of benzene rings is 1. The van der Waals surface area contributed by atoms with Crippen molar-refractivity contribution in [2.24, 2.45) is 0 Å². The van der Waals surface area contributed by atoms with Gasteiger partial charge < -0.3 is 0 Å². The Morgan fingerprint density at radius 2 is 1.80 bits per heavy atom. The third-order valence-corrected chi connectivity index (χ3v) is 3.82. The first kappa shape index (κ1) is 10.7. The van der Waals surface area contributed by atoms with Crippen LogP contribution in [0.15, 0.2) is 12.1 Å². The van der Waals surface area contributed by atoms with Crippen molar-refractivity contribution in [2.45, 2.75) is 58.8 Å². The Morgan fingerprint density at radius 1 is 1.13 bits per heavy atom. The first-order chi connectivity index (χ1) is 7.24. The summed E-state index contributed by atoms with van der Waals surface area (Å²) in [5, 5.41) is 0. The van der Waals surface area contributed by atoms with Crippen molar-refractivity contribution in [3.8, 4) is 0 Å². The SMILES string of the molecule is CCCc1c(C)ccc(C)c1C1CCC1. The van der Waals surface area contributed by atoms with Gasteiger partial charge in [0.15, 0.2) is 0 Å². The van der Waals surface area contributed by atoms with Gasteiger partial charge in [-0.1, -0.05) is 31.9 Å². The first-order valence-electron chi connectivity index (χ1n) is 6.33. The molecule has 1 aromatic carbocycles. The highest BCUT2D eigenvalue weighted by Gasteiger charge is 2.24. The molecule has 0 aliphatic heterocycles. The molecular weight excluding hydrogens is 180 g/mol. The molecule has 0 N–H and O–H groups in total. The molecule has 0 atom stereocenters. The molecule has 0 radical (unpaired) electrons. The Bertz CT molecular complexity index is 345. The van der Waals surface area contributed by atoms with E-state index in [1.165, 1.54) is 43.2 Å². The summed E-state index contributed by atoms with van der Waals surface area (Å²) in [4.78, 5) is 0. The fourth-order valence-corrected chi connectivity index (χ4v) is 2.74. The fourth-order valence-electron chi connectivity index (χ4n) is 2.74. The zero-order chi connectivity index (χ0) is 10.8. The highest BCUT2D eigenvalue weighted by molar-refractivity contribution is 5.43. The van der Waals surface area contributed by atoms with Crippen molar-refractivity contribution < 1.29 is 0 Å². The van der Waals surface area contributed by atoms with Crippen LogP contribution in [0, 0.1) is 13.8 Å². The minimum atomic E-state index is 0.881. The van der Waals surface area contributed by atoms with E-state index in [4.69, 9.17) is 0 Å². The molecule has 0 nitrogen and oxygen atoms in total. The van der Waals surface area contributed by atoms with E-state index in [1.807, 2.05) is 0 Å². The summed E-state index contributed by atoms with van der Waals surface area (Å²) in [6.07, 6.45) is 6.80. The summed E-state index contributed by atoms with van der Waals surface area (Å²) in [5.41, 5.74) is 6.38. The molecule has 82 valence electrons. The normalized spacial score (nSPS) is 16.5. The van der Waals surface area contributed by atoms with E-state index in [0.717, 1.165) is 5.92 Å². The molecule has 2 rings (SSSR count). The van der Waals surface area contributed by atoms with Gasteiger partial charge >= 0.3 is 0 Å². The molecule has 1 aliphatic carbocycles. The molecule has 0 heterocycles. The highest BCUT2D eigenvalue weighted by Crippen LogP contribution is 2.40. The van der Waals surface area contributed by atoms with Gasteiger partial charge in [-0.3, -0.25) is 0 Å². The lowest BCUT2D eigenvalue weighted by atomic mass is 9.75. The summed E-state index contributed by atoms with van der Waals surface area (Å²) in [7, 11) is 0. The molecule has 0 bridgehead atoms. The smallest absolute Gasteiger partial charge is 0.0157 e. The van der Waals surface area contributed by atoms with Gasteiger partial charge in [0.1, 0.15) is 0 Å². The van der Waals surface area contributed by atoms with Crippen molar-refractivity contribution in [1.29, 1.82) is 0 Å². The molecule has 0 unspecified atom stereocenters. The Labute approximate surface area is 93.7 Å². The number of hydrogen-bond donors (Lipinski definition) is 0. The third kappa shape index (κ3) is 1.95. The summed E-state index contributed by atoms with van der Waals surface area (Å²) >= 11 is 0. The predicted octanol–water partition coefficient (Wildman–Crippen LogP) is 4.52. The van der Waals surface area contributed by atoms with Crippen LogP contribution in [0.1, 0.15) is 60.8 Å². The molecular formula is C15H22. The molecule has 1 fully saturated rings. The molecule has 0 saturated heterocycles. The van der Waals surface area contributed by atoms with Gasteiger partial charge in [-0.05, 0) is 61.3 Å². The predicted molar refractivity (Wildman–Crippen MR) is 66.5 cm³/mol. The average Bonchev–Trinajstić information content (AvgIpc) is 2.14. The lowest BCUT2D eigenvalue weighted by Crippen LogP contribution is -2.14. The minimum absolute atomic E-state index is 0.881. The average molecular weight is 202 g/mol. The number of aryl methyl sites for hydroxylation is 2. The third-order valence-electron chi connectivity index (χ3n) is 3.82. The van der Waals surface area contributed by atoms with Crippen molar-refractivity contribution in [1.82, 2.24) is 0 Å². The van der Waals surface area contributed by atoms with Crippen LogP contribution in [-0.4, -0.2) is 0 Å². The number of rotatable bonds is 3. The second kappa shape index (κ2) is 4.38.